The molecule has 3 rings (SSSR count). The Morgan fingerprint density at radius 1 is 0.970 bits per heavy atom. The van der Waals surface area contributed by atoms with E-state index in [1.165, 1.54) is 0 Å². The van der Waals surface area contributed by atoms with Crippen LogP contribution in [0.25, 0.3) is 0 Å². The highest BCUT2D eigenvalue weighted by atomic mass is 35.5. The summed E-state index contributed by atoms with van der Waals surface area (Å²) in [6.07, 6.45) is -2.98. The number of hydrogen-bond donors (Lipinski definition) is 3. The summed E-state index contributed by atoms with van der Waals surface area (Å²) in [6.45, 7) is -0.109. The second kappa shape index (κ2) is 12.0. The van der Waals surface area contributed by atoms with Crippen LogP contribution in [-0.4, -0.2) is 67.3 Å². The van der Waals surface area contributed by atoms with E-state index in [1.54, 1.807) is 0 Å². The van der Waals surface area contributed by atoms with Gasteiger partial charge in [-0.3, -0.25) is 19.6 Å². The normalized spacial score (nSPS) is 35.6. The lowest BCUT2D eigenvalue weighted by Crippen LogP contribution is -2.54. The van der Waals surface area contributed by atoms with Gasteiger partial charge in [0.2, 0.25) is 11.8 Å². The van der Waals surface area contributed by atoms with Crippen molar-refractivity contribution in [2.24, 2.45) is 5.92 Å². The Bertz CT molecular complexity index is 656. The molecule has 7 nitrogen and oxygen atoms in total. The number of piperidine rings is 1. The number of halogens is 5. The summed E-state index contributed by atoms with van der Waals surface area (Å²) in [5.41, 5.74) is 0. The average Bonchev–Trinajstić information content (AvgIpc) is 2.75. The number of carbonyl (C=O) groups is 2. The van der Waals surface area contributed by atoms with Crippen LogP contribution in [0.3, 0.4) is 0 Å². The molecule has 0 spiro atoms. The van der Waals surface area contributed by atoms with Crippen molar-refractivity contribution >= 4 is 23.4 Å². The minimum atomic E-state index is -4.66. The molecule has 33 heavy (non-hydrogen) atoms. The van der Waals surface area contributed by atoms with E-state index < -0.39 is 24.0 Å². The van der Waals surface area contributed by atoms with Crippen LogP contribution >= 0.6 is 11.6 Å². The number of carbonyl (C=O) groups excluding carboxylic acids is 2. The Balaban J connectivity index is 1.29. The Hall–Kier alpha value is -1.17. The van der Waals surface area contributed by atoms with E-state index in [2.05, 4.69) is 20.7 Å². The first-order valence-electron chi connectivity index (χ1n) is 11.6. The van der Waals surface area contributed by atoms with E-state index >= 15 is 0 Å². The van der Waals surface area contributed by atoms with Gasteiger partial charge in [0.05, 0.1) is 23.8 Å². The molecule has 2 aliphatic carbocycles. The van der Waals surface area contributed by atoms with Crippen molar-refractivity contribution in [1.82, 2.24) is 16.0 Å². The zero-order chi connectivity index (χ0) is 24.0. The Morgan fingerprint density at radius 3 is 2.27 bits per heavy atom. The first-order chi connectivity index (χ1) is 15.6. The summed E-state index contributed by atoms with van der Waals surface area (Å²) >= 11 is 5.86. The number of rotatable bonds is 7. The number of ether oxygens (including phenoxy) is 2. The molecule has 2 amide bonds. The number of amides is 2. The Kier molecular flexibility index (Phi) is 9.61. The van der Waals surface area contributed by atoms with Gasteiger partial charge in [-0.25, -0.2) is 4.39 Å². The van der Waals surface area contributed by atoms with Crippen molar-refractivity contribution in [1.29, 1.82) is 0 Å². The first-order valence-corrected chi connectivity index (χ1v) is 12.0. The Morgan fingerprint density at radius 2 is 1.67 bits per heavy atom. The van der Waals surface area contributed by atoms with E-state index in [-0.39, 0.29) is 62.0 Å². The predicted molar refractivity (Wildman–Crippen MR) is 112 cm³/mol. The van der Waals surface area contributed by atoms with Crippen molar-refractivity contribution in [2.45, 2.75) is 100 Å². The molecule has 1 aliphatic heterocycles. The molecule has 0 aromatic heterocycles. The monoisotopic (exact) mass is 501 g/mol. The number of alkyl halides is 5. The maximum Gasteiger partial charge on any atom is 0.522 e. The molecule has 2 saturated carbocycles. The topological polar surface area (TPSA) is 88.7 Å². The molecule has 5 unspecified atom stereocenters. The van der Waals surface area contributed by atoms with Crippen LogP contribution in [0.1, 0.15) is 57.8 Å². The van der Waals surface area contributed by atoms with Gasteiger partial charge < -0.3 is 15.4 Å². The van der Waals surface area contributed by atoms with Gasteiger partial charge in [0.1, 0.15) is 12.8 Å². The predicted octanol–water partition coefficient (Wildman–Crippen LogP) is 2.91. The molecule has 3 aliphatic rings. The minimum absolute atomic E-state index is 0.0185. The molecule has 0 aromatic rings. The fraction of sp³-hybridized carbons (Fsp3) is 0.905. The highest BCUT2D eigenvalue weighted by Gasteiger charge is 2.36. The quantitative estimate of drug-likeness (QED) is 0.369. The molecule has 0 aromatic carbocycles. The van der Waals surface area contributed by atoms with Gasteiger partial charge in [0, 0.05) is 24.9 Å². The maximum atomic E-state index is 13.7. The second-order valence-electron chi connectivity index (χ2n) is 9.13. The lowest BCUT2D eigenvalue weighted by Gasteiger charge is -2.33. The molecule has 190 valence electrons. The minimum Gasteiger partial charge on any atom is -0.368 e. The summed E-state index contributed by atoms with van der Waals surface area (Å²) in [5.74, 6) is -0.590. The summed E-state index contributed by atoms with van der Waals surface area (Å²) in [7, 11) is 0. The van der Waals surface area contributed by atoms with Gasteiger partial charge in [-0.1, -0.05) is 0 Å². The SMILES string of the molecule is O=C(COC1CCC(Cl)C(F)C1)NC1CCC(C(=O)NC2CCC(OC(F)(F)F)CN2)CC1. The summed E-state index contributed by atoms with van der Waals surface area (Å²) in [5, 5.41) is 8.16. The largest absolute Gasteiger partial charge is 0.522 e. The molecule has 1 heterocycles. The van der Waals surface area contributed by atoms with Gasteiger partial charge in [0.25, 0.3) is 0 Å². The molecule has 3 fully saturated rings. The van der Waals surface area contributed by atoms with E-state index in [1.807, 2.05) is 0 Å². The van der Waals surface area contributed by atoms with E-state index in [0.717, 1.165) is 0 Å². The van der Waals surface area contributed by atoms with Crippen LogP contribution in [0, 0.1) is 5.92 Å². The molecule has 0 bridgehead atoms. The highest BCUT2D eigenvalue weighted by Crippen LogP contribution is 2.28. The lowest BCUT2D eigenvalue weighted by atomic mass is 9.85. The van der Waals surface area contributed by atoms with E-state index in [9.17, 15) is 27.2 Å². The highest BCUT2D eigenvalue weighted by molar-refractivity contribution is 6.21. The van der Waals surface area contributed by atoms with Gasteiger partial charge >= 0.3 is 6.36 Å². The van der Waals surface area contributed by atoms with Crippen LogP contribution in [0.15, 0.2) is 0 Å². The second-order valence-corrected chi connectivity index (χ2v) is 9.69. The number of nitrogens with one attached hydrogen (secondary N) is 3. The lowest BCUT2D eigenvalue weighted by molar-refractivity contribution is -0.344. The zero-order valence-corrected chi connectivity index (χ0v) is 19.1. The Labute approximate surface area is 195 Å². The molecule has 5 atom stereocenters. The molecule has 3 N–H and O–H groups in total. The maximum absolute atomic E-state index is 13.7. The van der Waals surface area contributed by atoms with Gasteiger partial charge in [-0.15, -0.1) is 24.8 Å². The molecule has 1 saturated heterocycles. The van der Waals surface area contributed by atoms with E-state index in [0.29, 0.717) is 44.9 Å². The zero-order valence-electron chi connectivity index (χ0n) is 18.3. The summed E-state index contributed by atoms with van der Waals surface area (Å²) < 4.78 is 60.1. The first kappa shape index (κ1) is 26.4. The van der Waals surface area contributed by atoms with Crippen molar-refractivity contribution in [3.63, 3.8) is 0 Å². The van der Waals surface area contributed by atoms with Crippen LogP contribution in [0.4, 0.5) is 17.6 Å². The average molecular weight is 502 g/mol. The van der Waals surface area contributed by atoms with Crippen molar-refractivity contribution in [3.05, 3.63) is 0 Å². The van der Waals surface area contributed by atoms with Crippen LogP contribution in [0.2, 0.25) is 0 Å². The molecule has 12 heteroatoms. The fourth-order valence-electron chi connectivity index (χ4n) is 4.69. The fourth-order valence-corrected chi connectivity index (χ4v) is 4.92. The summed E-state index contributed by atoms with van der Waals surface area (Å²) in [4.78, 5) is 24.7. The molecule has 0 radical (unpaired) electrons. The summed E-state index contributed by atoms with van der Waals surface area (Å²) in [6, 6.07) is -0.0502. The van der Waals surface area contributed by atoms with Gasteiger partial charge in [-0.05, 0) is 51.4 Å². The molecular weight excluding hydrogens is 470 g/mol. The van der Waals surface area contributed by atoms with Crippen LogP contribution in [-0.2, 0) is 19.1 Å². The van der Waals surface area contributed by atoms with E-state index in [4.69, 9.17) is 16.3 Å². The van der Waals surface area contributed by atoms with Crippen molar-refractivity contribution in [2.75, 3.05) is 13.2 Å². The van der Waals surface area contributed by atoms with Gasteiger partial charge in [-0.2, -0.15) is 0 Å². The van der Waals surface area contributed by atoms with Crippen molar-refractivity contribution in [3.8, 4) is 0 Å². The third-order valence-corrected chi connectivity index (χ3v) is 7.04. The standard InChI is InChI=1S/C21H32ClF4N3O4/c22-16-7-5-14(9-17(16)23)32-11-19(30)28-13-3-1-12(2-4-13)20(31)29-18-8-6-15(10-27-18)33-21(24,25)26/h12-18,27H,1-11H2,(H,28,30)(H,29,31). The third-order valence-electron chi connectivity index (χ3n) is 6.54. The molecular formula is C21H32ClF4N3O4. The third kappa shape index (κ3) is 8.84. The van der Waals surface area contributed by atoms with Crippen LogP contribution < -0.4 is 16.0 Å². The smallest absolute Gasteiger partial charge is 0.368 e. The van der Waals surface area contributed by atoms with Crippen LogP contribution in [0.5, 0.6) is 0 Å². The number of hydrogen-bond acceptors (Lipinski definition) is 5. The van der Waals surface area contributed by atoms with Gasteiger partial charge in [0.15, 0.2) is 0 Å². The van der Waals surface area contributed by atoms with Crippen molar-refractivity contribution < 1.29 is 36.6 Å².